The number of hydrogen-bond donors (Lipinski definition) is 2. The van der Waals surface area contributed by atoms with Crippen molar-refractivity contribution in [3.05, 3.63) is 52.8 Å². The van der Waals surface area contributed by atoms with E-state index in [1.807, 2.05) is 6.07 Å². The minimum absolute atomic E-state index is 0.0306. The van der Waals surface area contributed by atoms with E-state index in [4.69, 9.17) is 11.6 Å². The molecule has 146 valence electrons. The van der Waals surface area contributed by atoms with Crippen LogP contribution < -0.4 is 15.5 Å². The number of nitrogens with one attached hydrogen (secondary N) is 2. The quantitative estimate of drug-likeness (QED) is 0.825. The third-order valence-corrected chi connectivity index (χ3v) is 5.33. The molecule has 0 aliphatic carbocycles. The Kier molecular flexibility index (Phi) is 5.19. The van der Waals surface area contributed by atoms with Crippen molar-refractivity contribution < 1.29 is 14.0 Å². The van der Waals surface area contributed by atoms with Gasteiger partial charge in [0.15, 0.2) is 0 Å². The van der Waals surface area contributed by atoms with Crippen molar-refractivity contribution in [1.82, 2.24) is 4.90 Å². The molecular weight excluding hydrogens is 383 g/mol. The summed E-state index contributed by atoms with van der Waals surface area (Å²) in [5.41, 5.74) is 3.19. The lowest BCUT2D eigenvalue weighted by atomic mass is 10.1. The molecule has 1 saturated heterocycles. The summed E-state index contributed by atoms with van der Waals surface area (Å²) in [6.07, 6.45) is 0.340. The third-order valence-electron chi connectivity index (χ3n) is 5.02. The lowest BCUT2D eigenvalue weighted by molar-refractivity contribution is -0.117. The lowest BCUT2D eigenvalue weighted by Gasteiger charge is -2.35. The predicted octanol–water partition coefficient (Wildman–Crippen LogP) is 2.73. The van der Waals surface area contributed by atoms with E-state index in [1.54, 1.807) is 24.3 Å². The van der Waals surface area contributed by atoms with Gasteiger partial charge in [-0.15, -0.1) is 0 Å². The molecule has 2 aromatic carbocycles. The Morgan fingerprint density at radius 2 is 1.93 bits per heavy atom. The molecule has 8 heteroatoms. The van der Waals surface area contributed by atoms with E-state index in [2.05, 4.69) is 20.4 Å². The van der Waals surface area contributed by atoms with Crippen molar-refractivity contribution in [2.24, 2.45) is 0 Å². The Hall–Kier alpha value is -2.64. The summed E-state index contributed by atoms with van der Waals surface area (Å²) in [7, 11) is 0. The van der Waals surface area contributed by atoms with Crippen LogP contribution in [0.4, 0.5) is 21.5 Å². The maximum Gasteiger partial charge on any atom is 0.238 e. The van der Waals surface area contributed by atoms with E-state index >= 15 is 0 Å². The Balaban J connectivity index is 1.29. The number of carbonyl (C=O) groups is 2. The topological polar surface area (TPSA) is 64.7 Å². The summed E-state index contributed by atoms with van der Waals surface area (Å²) in [6, 6.07) is 10.2. The summed E-state index contributed by atoms with van der Waals surface area (Å²) >= 11 is 5.74. The zero-order chi connectivity index (χ0) is 19.7. The fourth-order valence-electron chi connectivity index (χ4n) is 3.56. The number of halogens is 2. The molecule has 2 aromatic rings. The van der Waals surface area contributed by atoms with Gasteiger partial charge in [0.05, 0.1) is 18.0 Å². The van der Waals surface area contributed by atoms with Crippen molar-refractivity contribution in [2.45, 2.75) is 6.42 Å². The van der Waals surface area contributed by atoms with Gasteiger partial charge < -0.3 is 15.5 Å². The van der Waals surface area contributed by atoms with Crippen LogP contribution in [0.2, 0.25) is 5.02 Å². The average molecular weight is 403 g/mol. The van der Waals surface area contributed by atoms with E-state index in [-0.39, 0.29) is 23.4 Å². The second-order valence-corrected chi connectivity index (χ2v) is 7.41. The van der Waals surface area contributed by atoms with Gasteiger partial charge >= 0.3 is 0 Å². The Bertz CT molecular complexity index is 928. The highest BCUT2D eigenvalue weighted by molar-refractivity contribution is 6.30. The molecular formula is C20H20ClFN4O2. The molecule has 28 heavy (non-hydrogen) atoms. The number of amides is 2. The molecule has 0 radical (unpaired) electrons. The summed E-state index contributed by atoms with van der Waals surface area (Å²) in [5.74, 6) is -0.549. The van der Waals surface area contributed by atoms with Gasteiger partial charge in [-0.05, 0) is 42.0 Å². The fourth-order valence-corrected chi connectivity index (χ4v) is 3.67. The van der Waals surface area contributed by atoms with Gasteiger partial charge in [0.25, 0.3) is 0 Å². The van der Waals surface area contributed by atoms with Crippen molar-refractivity contribution in [3.8, 4) is 0 Å². The zero-order valence-electron chi connectivity index (χ0n) is 15.2. The molecule has 0 atom stereocenters. The Morgan fingerprint density at radius 3 is 2.68 bits per heavy atom. The first-order valence-electron chi connectivity index (χ1n) is 9.13. The van der Waals surface area contributed by atoms with E-state index in [9.17, 15) is 14.0 Å². The standard InChI is InChI=1S/C20H20ClFN4O2/c21-16-3-2-15(11-17(16)22)26-7-5-25(6-8-26)12-20(28)23-14-1-4-18-13(9-14)10-19(27)24-18/h1-4,9,11H,5-8,10,12H2,(H,23,28)(H,24,27). The first-order valence-corrected chi connectivity index (χ1v) is 9.51. The van der Waals surface area contributed by atoms with E-state index in [0.29, 0.717) is 38.3 Å². The van der Waals surface area contributed by atoms with Crippen LogP contribution >= 0.6 is 11.6 Å². The van der Waals surface area contributed by atoms with Crippen LogP contribution in [0.15, 0.2) is 36.4 Å². The third kappa shape index (κ3) is 4.10. The monoisotopic (exact) mass is 402 g/mol. The molecule has 0 bridgehead atoms. The molecule has 0 unspecified atom stereocenters. The first-order chi connectivity index (χ1) is 13.5. The van der Waals surface area contributed by atoms with Gasteiger partial charge in [0.2, 0.25) is 11.8 Å². The smallest absolute Gasteiger partial charge is 0.238 e. The van der Waals surface area contributed by atoms with Gasteiger partial charge in [-0.3, -0.25) is 14.5 Å². The molecule has 2 aliphatic rings. The lowest BCUT2D eigenvalue weighted by Crippen LogP contribution is -2.48. The molecule has 1 fully saturated rings. The maximum absolute atomic E-state index is 13.6. The number of nitrogens with zero attached hydrogens (tertiary/aromatic N) is 2. The minimum Gasteiger partial charge on any atom is -0.369 e. The molecule has 0 spiro atoms. The second-order valence-electron chi connectivity index (χ2n) is 7.01. The van der Waals surface area contributed by atoms with Crippen LogP contribution in [0.25, 0.3) is 0 Å². The molecule has 4 rings (SSSR count). The SMILES string of the molecule is O=C(CN1CCN(c2ccc(Cl)c(F)c2)CC1)Nc1ccc2c(c1)CC(=O)N2. The van der Waals surface area contributed by atoms with Crippen LogP contribution in [0, 0.1) is 5.82 Å². The van der Waals surface area contributed by atoms with E-state index < -0.39 is 5.82 Å². The van der Waals surface area contributed by atoms with Gasteiger partial charge in [0.1, 0.15) is 5.82 Å². The molecule has 0 aromatic heterocycles. The average Bonchev–Trinajstić information content (AvgIpc) is 3.04. The van der Waals surface area contributed by atoms with Crippen LogP contribution in [0.5, 0.6) is 0 Å². The maximum atomic E-state index is 13.6. The fraction of sp³-hybridized carbons (Fsp3) is 0.300. The van der Waals surface area contributed by atoms with Crippen molar-refractivity contribution in [1.29, 1.82) is 0 Å². The van der Waals surface area contributed by atoms with Gasteiger partial charge in [0, 0.05) is 43.2 Å². The van der Waals surface area contributed by atoms with E-state index in [1.165, 1.54) is 6.07 Å². The highest BCUT2D eigenvalue weighted by Gasteiger charge is 2.21. The van der Waals surface area contributed by atoms with Crippen LogP contribution in [-0.2, 0) is 16.0 Å². The summed E-state index contributed by atoms with van der Waals surface area (Å²) < 4.78 is 13.6. The van der Waals surface area contributed by atoms with Crippen LogP contribution in [-0.4, -0.2) is 49.4 Å². The van der Waals surface area contributed by atoms with Gasteiger partial charge in [-0.2, -0.15) is 0 Å². The van der Waals surface area contributed by atoms with Crippen molar-refractivity contribution >= 4 is 40.5 Å². The number of fused-ring (bicyclic) bond motifs is 1. The number of carbonyl (C=O) groups excluding carboxylic acids is 2. The van der Waals surface area contributed by atoms with Gasteiger partial charge in [-0.1, -0.05) is 11.6 Å². The highest BCUT2D eigenvalue weighted by Crippen LogP contribution is 2.26. The van der Waals surface area contributed by atoms with E-state index in [0.717, 1.165) is 16.9 Å². The molecule has 2 amide bonds. The number of benzene rings is 2. The van der Waals surface area contributed by atoms with Crippen molar-refractivity contribution in [2.75, 3.05) is 48.3 Å². The highest BCUT2D eigenvalue weighted by atomic mass is 35.5. The first kappa shape index (κ1) is 18.7. The zero-order valence-corrected chi connectivity index (χ0v) is 15.9. The molecule has 6 nitrogen and oxygen atoms in total. The molecule has 2 aliphatic heterocycles. The molecule has 2 heterocycles. The Morgan fingerprint density at radius 1 is 1.14 bits per heavy atom. The number of rotatable bonds is 4. The predicted molar refractivity (Wildman–Crippen MR) is 107 cm³/mol. The number of hydrogen-bond acceptors (Lipinski definition) is 4. The van der Waals surface area contributed by atoms with Crippen LogP contribution in [0.3, 0.4) is 0 Å². The largest absolute Gasteiger partial charge is 0.369 e. The molecule has 0 saturated carbocycles. The Labute approximate surface area is 167 Å². The normalized spacial score (nSPS) is 16.6. The van der Waals surface area contributed by atoms with Crippen LogP contribution in [0.1, 0.15) is 5.56 Å². The molecule has 2 N–H and O–H groups in total. The minimum atomic E-state index is -0.424. The number of piperazine rings is 1. The van der Waals surface area contributed by atoms with Crippen molar-refractivity contribution in [3.63, 3.8) is 0 Å². The number of anilines is 3. The summed E-state index contributed by atoms with van der Waals surface area (Å²) in [4.78, 5) is 27.9. The second kappa shape index (κ2) is 7.77. The summed E-state index contributed by atoms with van der Waals surface area (Å²) in [6.45, 7) is 3.12. The summed E-state index contributed by atoms with van der Waals surface area (Å²) in [5, 5.41) is 5.78. The van der Waals surface area contributed by atoms with Gasteiger partial charge in [-0.25, -0.2) is 4.39 Å².